The van der Waals surface area contributed by atoms with E-state index in [0.29, 0.717) is 6.54 Å². The Balaban J connectivity index is 1.39. The summed E-state index contributed by atoms with van der Waals surface area (Å²) in [5, 5.41) is 7.07. The van der Waals surface area contributed by atoms with E-state index in [0.717, 1.165) is 24.3 Å². The van der Waals surface area contributed by atoms with Crippen LogP contribution in [0.2, 0.25) is 0 Å². The second-order valence-corrected chi connectivity index (χ2v) is 6.50. The third kappa shape index (κ3) is 3.33. The summed E-state index contributed by atoms with van der Waals surface area (Å²) < 4.78 is 7.21. The molecule has 1 aliphatic heterocycles. The van der Waals surface area contributed by atoms with Crippen LogP contribution in [0.4, 0.5) is 0 Å². The van der Waals surface area contributed by atoms with Crippen molar-refractivity contribution in [3.05, 3.63) is 72.1 Å². The monoisotopic (exact) mass is 347 g/mol. The summed E-state index contributed by atoms with van der Waals surface area (Å²) in [5.41, 5.74) is 4.70. The molecule has 26 heavy (non-hydrogen) atoms. The van der Waals surface area contributed by atoms with Crippen molar-refractivity contribution in [1.82, 2.24) is 15.1 Å². The number of amides is 1. The number of rotatable bonds is 5. The Labute approximate surface area is 152 Å². The maximum atomic E-state index is 12.2. The van der Waals surface area contributed by atoms with Gasteiger partial charge in [0, 0.05) is 25.4 Å². The molecular formula is C21H21N3O2. The van der Waals surface area contributed by atoms with Gasteiger partial charge in [0.1, 0.15) is 11.8 Å². The molecule has 0 saturated carbocycles. The maximum Gasteiger partial charge on any atom is 0.244 e. The summed E-state index contributed by atoms with van der Waals surface area (Å²) in [6.07, 6.45) is 4.44. The molecule has 0 saturated heterocycles. The highest BCUT2D eigenvalue weighted by atomic mass is 16.5. The molecule has 1 amide bonds. The van der Waals surface area contributed by atoms with Crippen LogP contribution in [-0.2, 0) is 17.8 Å². The zero-order valence-corrected chi connectivity index (χ0v) is 14.7. The van der Waals surface area contributed by atoms with Crippen molar-refractivity contribution in [3.8, 4) is 16.9 Å². The van der Waals surface area contributed by atoms with E-state index in [4.69, 9.17) is 4.74 Å². The first-order valence-corrected chi connectivity index (χ1v) is 8.82. The number of benzene rings is 2. The summed E-state index contributed by atoms with van der Waals surface area (Å²) in [6.45, 7) is 3.11. The van der Waals surface area contributed by atoms with E-state index in [1.165, 1.54) is 16.7 Å². The van der Waals surface area contributed by atoms with E-state index in [-0.39, 0.29) is 11.9 Å². The van der Waals surface area contributed by atoms with Gasteiger partial charge < -0.3 is 10.1 Å². The van der Waals surface area contributed by atoms with Crippen LogP contribution in [0.1, 0.15) is 24.1 Å². The van der Waals surface area contributed by atoms with Crippen molar-refractivity contribution in [3.63, 3.8) is 0 Å². The Bertz CT molecular complexity index is 902. The fourth-order valence-electron chi connectivity index (χ4n) is 3.15. The number of fused-ring (bicyclic) bond motifs is 1. The summed E-state index contributed by atoms with van der Waals surface area (Å²) in [7, 11) is 0. The molecule has 1 aliphatic rings. The Hall–Kier alpha value is -3.08. The van der Waals surface area contributed by atoms with E-state index in [2.05, 4.69) is 46.8 Å². The Kier molecular flexibility index (Phi) is 4.44. The van der Waals surface area contributed by atoms with Crippen molar-refractivity contribution in [2.45, 2.75) is 25.9 Å². The van der Waals surface area contributed by atoms with Crippen LogP contribution in [0.5, 0.6) is 5.75 Å². The lowest BCUT2D eigenvalue weighted by atomic mass is 10.0. The molecule has 0 unspecified atom stereocenters. The second-order valence-electron chi connectivity index (χ2n) is 6.50. The maximum absolute atomic E-state index is 12.2. The number of nitrogens with one attached hydrogen (secondary N) is 1. The number of carbonyl (C=O) groups excluding carboxylic acids is 1. The first-order valence-electron chi connectivity index (χ1n) is 8.82. The number of carbonyl (C=O) groups is 1. The average molecular weight is 347 g/mol. The molecular weight excluding hydrogens is 326 g/mol. The van der Waals surface area contributed by atoms with Gasteiger partial charge in [-0.05, 0) is 47.4 Å². The minimum atomic E-state index is -0.321. The van der Waals surface area contributed by atoms with Gasteiger partial charge in [-0.1, -0.05) is 30.3 Å². The summed E-state index contributed by atoms with van der Waals surface area (Å²) in [6, 6.07) is 16.1. The van der Waals surface area contributed by atoms with Crippen molar-refractivity contribution in [2.75, 3.05) is 6.61 Å². The lowest BCUT2D eigenvalue weighted by molar-refractivity contribution is -0.124. The van der Waals surface area contributed by atoms with Gasteiger partial charge in [0.2, 0.25) is 5.91 Å². The Morgan fingerprint density at radius 3 is 2.81 bits per heavy atom. The SMILES string of the molecule is C[C@@H](C(=O)NCc1ccc(-c2ccc3c(c2)CCO3)cc1)n1cccn1. The molecule has 2 aromatic carbocycles. The second kappa shape index (κ2) is 7.04. The van der Waals surface area contributed by atoms with Crippen LogP contribution < -0.4 is 10.1 Å². The molecule has 4 rings (SSSR count). The number of ether oxygens (including phenoxy) is 1. The van der Waals surface area contributed by atoms with Crippen molar-refractivity contribution in [1.29, 1.82) is 0 Å². The fourth-order valence-corrected chi connectivity index (χ4v) is 3.15. The molecule has 5 nitrogen and oxygen atoms in total. The van der Waals surface area contributed by atoms with E-state index >= 15 is 0 Å². The molecule has 5 heteroatoms. The molecule has 0 bridgehead atoms. The van der Waals surface area contributed by atoms with Gasteiger partial charge in [0.15, 0.2) is 0 Å². The van der Waals surface area contributed by atoms with Crippen molar-refractivity contribution < 1.29 is 9.53 Å². The normalized spacial score (nSPS) is 13.7. The van der Waals surface area contributed by atoms with Gasteiger partial charge in [-0.25, -0.2) is 0 Å². The molecule has 132 valence electrons. The minimum Gasteiger partial charge on any atom is -0.493 e. The Morgan fingerprint density at radius 2 is 2.04 bits per heavy atom. The minimum absolute atomic E-state index is 0.0450. The number of hydrogen-bond acceptors (Lipinski definition) is 3. The quantitative estimate of drug-likeness (QED) is 0.770. The fraction of sp³-hybridized carbons (Fsp3) is 0.238. The van der Waals surface area contributed by atoms with Crippen molar-refractivity contribution >= 4 is 5.91 Å². The molecule has 0 fully saturated rings. The molecule has 0 aliphatic carbocycles. The van der Waals surface area contributed by atoms with Gasteiger partial charge in [-0.15, -0.1) is 0 Å². The Morgan fingerprint density at radius 1 is 1.23 bits per heavy atom. The van der Waals surface area contributed by atoms with Crippen LogP contribution in [0, 0.1) is 0 Å². The first kappa shape index (κ1) is 16.4. The van der Waals surface area contributed by atoms with E-state index in [1.54, 1.807) is 17.1 Å². The molecule has 0 radical (unpaired) electrons. The highest BCUT2D eigenvalue weighted by Gasteiger charge is 2.15. The molecule has 2 heterocycles. The lowest BCUT2D eigenvalue weighted by Crippen LogP contribution is -2.30. The zero-order valence-electron chi connectivity index (χ0n) is 14.7. The summed E-state index contributed by atoms with van der Waals surface area (Å²) in [4.78, 5) is 12.2. The average Bonchev–Trinajstić information content (AvgIpc) is 3.37. The third-order valence-corrected chi connectivity index (χ3v) is 4.74. The third-order valence-electron chi connectivity index (χ3n) is 4.74. The van der Waals surface area contributed by atoms with Gasteiger partial charge >= 0.3 is 0 Å². The van der Waals surface area contributed by atoms with Crippen molar-refractivity contribution in [2.24, 2.45) is 0 Å². The van der Waals surface area contributed by atoms with Gasteiger partial charge in [-0.3, -0.25) is 9.48 Å². The predicted octanol–water partition coefficient (Wildman–Crippen LogP) is 3.36. The topological polar surface area (TPSA) is 56.1 Å². The number of hydrogen-bond donors (Lipinski definition) is 1. The van der Waals surface area contributed by atoms with E-state index in [9.17, 15) is 4.79 Å². The highest BCUT2D eigenvalue weighted by Crippen LogP contribution is 2.30. The molecule has 1 N–H and O–H groups in total. The van der Waals surface area contributed by atoms with Crippen LogP contribution in [0.3, 0.4) is 0 Å². The smallest absolute Gasteiger partial charge is 0.244 e. The van der Waals surface area contributed by atoms with E-state index < -0.39 is 0 Å². The van der Waals surface area contributed by atoms with Gasteiger partial charge in [-0.2, -0.15) is 5.10 Å². The van der Waals surface area contributed by atoms with Crippen LogP contribution in [0.25, 0.3) is 11.1 Å². The van der Waals surface area contributed by atoms with Crippen LogP contribution in [0.15, 0.2) is 60.9 Å². The first-order chi connectivity index (χ1) is 12.7. The largest absolute Gasteiger partial charge is 0.493 e. The lowest BCUT2D eigenvalue weighted by Gasteiger charge is -2.13. The van der Waals surface area contributed by atoms with E-state index in [1.807, 2.05) is 19.1 Å². The zero-order chi connectivity index (χ0) is 17.9. The standard InChI is InChI=1S/C21H21N3O2/c1-15(24-11-2-10-23-24)21(25)22-14-16-3-5-17(6-4-16)18-7-8-20-19(13-18)9-12-26-20/h2-8,10-11,13,15H,9,12,14H2,1H3,(H,22,25)/t15-/m0/s1. The highest BCUT2D eigenvalue weighted by molar-refractivity contribution is 5.79. The number of nitrogens with zero attached hydrogens (tertiary/aromatic N) is 2. The van der Waals surface area contributed by atoms with Gasteiger partial charge in [0.25, 0.3) is 0 Å². The van der Waals surface area contributed by atoms with Gasteiger partial charge in [0.05, 0.1) is 6.61 Å². The molecule has 3 aromatic rings. The molecule has 1 aromatic heterocycles. The molecule has 1 atom stereocenters. The summed E-state index contributed by atoms with van der Waals surface area (Å²) >= 11 is 0. The summed E-state index contributed by atoms with van der Waals surface area (Å²) in [5.74, 6) is 0.954. The van der Waals surface area contributed by atoms with Crippen LogP contribution >= 0.6 is 0 Å². The number of aromatic nitrogens is 2. The molecule has 0 spiro atoms. The van der Waals surface area contributed by atoms with Crippen LogP contribution in [-0.4, -0.2) is 22.3 Å². The predicted molar refractivity (Wildman–Crippen MR) is 99.9 cm³/mol.